The summed E-state index contributed by atoms with van der Waals surface area (Å²) in [6.07, 6.45) is 1.22. The molecule has 0 saturated heterocycles. The van der Waals surface area contributed by atoms with Crippen molar-refractivity contribution in [1.82, 2.24) is 0 Å². The molecule has 0 fully saturated rings. The Morgan fingerprint density at radius 2 is 2.25 bits per heavy atom. The first kappa shape index (κ1) is 10.9. The van der Waals surface area contributed by atoms with E-state index in [-0.39, 0.29) is 18.1 Å². The highest BCUT2D eigenvalue weighted by Crippen LogP contribution is 2.30. The smallest absolute Gasteiger partial charge is 0.303 e. The molecule has 1 aromatic carbocycles. The van der Waals surface area contributed by atoms with Crippen LogP contribution in [0.1, 0.15) is 34.3 Å². The van der Waals surface area contributed by atoms with Crippen molar-refractivity contribution in [1.29, 1.82) is 0 Å². The van der Waals surface area contributed by atoms with Crippen molar-refractivity contribution < 1.29 is 14.7 Å². The summed E-state index contributed by atoms with van der Waals surface area (Å²) < 4.78 is 0. The van der Waals surface area contributed by atoms with E-state index in [9.17, 15) is 9.59 Å². The van der Waals surface area contributed by atoms with Crippen molar-refractivity contribution in [3.05, 3.63) is 34.9 Å². The maximum Gasteiger partial charge on any atom is 0.303 e. The molecule has 3 nitrogen and oxygen atoms in total. The SMILES string of the molecule is Cc1ccc2c(c1)CC(CCC(=O)O)C2=O. The molecule has 0 saturated carbocycles. The van der Waals surface area contributed by atoms with Crippen LogP contribution in [-0.4, -0.2) is 16.9 Å². The van der Waals surface area contributed by atoms with E-state index in [4.69, 9.17) is 5.11 Å². The van der Waals surface area contributed by atoms with Crippen molar-refractivity contribution >= 4 is 11.8 Å². The van der Waals surface area contributed by atoms with Gasteiger partial charge in [0.1, 0.15) is 0 Å². The van der Waals surface area contributed by atoms with Crippen LogP contribution in [0.3, 0.4) is 0 Å². The molecule has 1 N–H and O–H groups in total. The Balaban J connectivity index is 2.14. The highest BCUT2D eigenvalue weighted by atomic mass is 16.4. The fraction of sp³-hybridized carbons (Fsp3) is 0.385. The normalized spacial score (nSPS) is 18.6. The zero-order valence-corrected chi connectivity index (χ0v) is 9.19. The van der Waals surface area contributed by atoms with Gasteiger partial charge in [-0.15, -0.1) is 0 Å². The Kier molecular flexibility index (Phi) is 2.77. The minimum absolute atomic E-state index is 0.0728. The third kappa shape index (κ3) is 1.98. The molecule has 3 heteroatoms. The molecule has 1 aliphatic rings. The van der Waals surface area contributed by atoms with Crippen LogP contribution >= 0.6 is 0 Å². The molecule has 0 bridgehead atoms. The summed E-state index contributed by atoms with van der Waals surface area (Å²) in [7, 11) is 0. The molecule has 0 heterocycles. The van der Waals surface area contributed by atoms with Crippen LogP contribution in [0.4, 0.5) is 0 Å². The monoisotopic (exact) mass is 218 g/mol. The summed E-state index contributed by atoms with van der Waals surface area (Å²) in [5.74, 6) is -0.857. The van der Waals surface area contributed by atoms with E-state index in [0.29, 0.717) is 12.8 Å². The number of hydrogen-bond donors (Lipinski definition) is 1. The van der Waals surface area contributed by atoms with Crippen LogP contribution in [-0.2, 0) is 11.2 Å². The average molecular weight is 218 g/mol. The summed E-state index contributed by atoms with van der Waals surface area (Å²) in [6, 6.07) is 5.80. The third-order valence-corrected chi connectivity index (χ3v) is 3.07. The number of benzene rings is 1. The zero-order valence-electron chi connectivity index (χ0n) is 9.19. The van der Waals surface area contributed by atoms with E-state index < -0.39 is 5.97 Å². The van der Waals surface area contributed by atoms with Crippen LogP contribution in [0, 0.1) is 12.8 Å². The molecule has 0 aromatic heterocycles. The van der Waals surface area contributed by atoms with Gasteiger partial charge in [-0.05, 0) is 25.3 Å². The van der Waals surface area contributed by atoms with Gasteiger partial charge < -0.3 is 5.11 Å². The Hall–Kier alpha value is -1.64. The number of fused-ring (bicyclic) bond motifs is 1. The topological polar surface area (TPSA) is 54.4 Å². The molecular weight excluding hydrogens is 204 g/mol. The second kappa shape index (κ2) is 4.08. The van der Waals surface area contributed by atoms with Crippen LogP contribution in [0.5, 0.6) is 0 Å². The second-order valence-electron chi connectivity index (χ2n) is 4.36. The number of Topliss-reactive ketones (excluding diaryl/α,β-unsaturated/α-hetero) is 1. The van der Waals surface area contributed by atoms with E-state index >= 15 is 0 Å². The Labute approximate surface area is 94.1 Å². The lowest BCUT2D eigenvalue weighted by Gasteiger charge is -2.04. The molecular formula is C13H14O3. The molecule has 0 radical (unpaired) electrons. The van der Waals surface area contributed by atoms with Crippen molar-refractivity contribution in [2.45, 2.75) is 26.2 Å². The summed E-state index contributed by atoms with van der Waals surface area (Å²) in [5.41, 5.74) is 2.99. The summed E-state index contributed by atoms with van der Waals surface area (Å²) in [6.45, 7) is 2.00. The third-order valence-electron chi connectivity index (χ3n) is 3.07. The van der Waals surface area contributed by atoms with Gasteiger partial charge >= 0.3 is 5.97 Å². The number of rotatable bonds is 3. The lowest BCUT2D eigenvalue weighted by Crippen LogP contribution is -2.11. The molecule has 0 amide bonds. The number of carboxylic acid groups (broad SMARTS) is 1. The van der Waals surface area contributed by atoms with Gasteiger partial charge in [0.25, 0.3) is 0 Å². The van der Waals surface area contributed by atoms with Gasteiger partial charge in [0.2, 0.25) is 0 Å². The van der Waals surface area contributed by atoms with Gasteiger partial charge in [0.05, 0.1) is 0 Å². The number of hydrogen-bond acceptors (Lipinski definition) is 2. The summed E-state index contributed by atoms with van der Waals surface area (Å²) >= 11 is 0. The molecule has 1 unspecified atom stereocenters. The van der Waals surface area contributed by atoms with Crippen LogP contribution in [0.2, 0.25) is 0 Å². The zero-order chi connectivity index (χ0) is 11.7. The lowest BCUT2D eigenvalue weighted by atomic mass is 9.99. The summed E-state index contributed by atoms with van der Waals surface area (Å²) in [5, 5.41) is 8.61. The maximum atomic E-state index is 11.9. The van der Waals surface area contributed by atoms with Crippen LogP contribution in [0.25, 0.3) is 0 Å². The van der Waals surface area contributed by atoms with E-state index in [1.54, 1.807) is 0 Å². The van der Waals surface area contributed by atoms with E-state index in [2.05, 4.69) is 0 Å². The summed E-state index contributed by atoms with van der Waals surface area (Å²) in [4.78, 5) is 22.4. The number of aliphatic carboxylic acids is 1. The van der Waals surface area contributed by atoms with E-state index in [0.717, 1.165) is 16.7 Å². The Morgan fingerprint density at radius 3 is 2.94 bits per heavy atom. The number of carbonyl (C=O) groups is 2. The molecule has 84 valence electrons. The number of ketones is 1. The average Bonchev–Trinajstić information content (AvgIpc) is 2.52. The Bertz CT molecular complexity index is 448. The fourth-order valence-electron chi connectivity index (χ4n) is 2.24. The minimum atomic E-state index is -0.833. The molecule has 16 heavy (non-hydrogen) atoms. The van der Waals surface area contributed by atoms with E-state index in [1.807, 2.05) is 25.1 Å². The van der Waals surface area contributed by atoms with Crippen molar-refractivity contribution in [2.75, 3.05) is 0 Å². The highest BCUT2D eigenvalue weighted by molar-refractivity contribution is 6.02. The van der Waals surface area contributed by atoms with Crippen molar-refractivity contribution in [3.8, 4) is 0 Å². The molecule has 0 aliphatic heterocycles. The predicted molar refractivity (Wildman–Crippen MR) is 59.6 cm³/mol. The number of aryl methyl sites for hydroxylation is 1. The first-order chi connectivity index (χ1) is 7.58. The van der Waals surface area contributed by atoms with Crippen LogP contribution in [0.15, 0.2) is 18.2 Å². The van der Waals surface area contributed by atoms with Gasteiger partial charge in [0, 0.05) is 17.9 Å². The predicted octanol–water partition coefficient (Wildman–Crippen LogP) is 2.21. The standard InChI is InChI=1S/C13H14O3/c1-8-2-4-11-10(6-8)7-9(13(11)16)3-5-12(14)15/h2,4,6,9H,3,5,7H2,1H3,(H,14,15). The van der Waals surface area contributed by atoms with Gasteiger partial charge in [-0.1, -0.05) is 23.8 Å². The first-order valence-corrected chi connectivity index (χ1v) is 5.43. The molecule has 1 aliphatic carbocycles. The largest absolute Gasteiger partial charge is 0.481 e. The van der Waals surface area contributed by atoms with Gasteiger partial charge in [-0.2, -0.15) is 0 Å². The first-order valence-electron chi connectivity index (χ1n) is 5.43. The molecule has 0 spiro atoms. The van der Waals surface area contributed by atoms with Gasteiger partial charge in [-0.25, -0.2) is 0 Å². The van der Waals surface area contributed by atoms with Crippen LogP contribution < -0.4 is 0 Å². The second-order valence-corrected chi connectivity index (χ2v) is 4.36. The molecule has 1 atom stereocenters. The lowest BCUT2D eigenvalue weighted by molar-refractivity contribution is -0.137. The quantitative estimate of drug-likeness (QED) is 0.846. The van der Waals surface area contributed by atoms with E-state index in [1.165, 1.54) is 0 Å². The van der Waals surface area contributed by atoms with Gasteiger partial charge in [-0.3, -0.25) is 9.59 Å². The number of carbonyl (C=O) groups excluding carboxylic acids is 1. The maximum absolute atomic E-state index is 11.9. The molecule has 1 aromatic rings. The molecule has 2 rings (SSSR count). The highest BCUT2D eigenvalue weighted by Gasteiger charge is 2.30. The van der Waals surface area contributed by atoms with Gasteiger partial charge in [0.15, 0.2) is 5.78 Å². The fourth-order valence-corrected chi connectivity index (χ4v) is 2.24. The number of carboxylic acids is 1. The van der Waals surface area contributed by atoms with Crippen molar-refractivity contribution in [3.63, 3.8) is 0 Å². The Morgan fingerprint density at radius 1 is 1.50 bits per heavy atom. The minimum Gasteiger partial charge on any atom is -0.481 e. The van der Waals surface area contributed by atoms with Crippen molar-refractivity contribution in [2.24, 2.45) is 5.92 Å².